The lowest BCUT2D eigenvalue weighted by molar-refractivity contribution is -0.131. The minimum absolute atomic E-state index is 0.00588. The fourth-order valence-corrected chi connectivity index (χ4v) is 4.81. The van der Waals surface area contributed by atoms with Gasteiger partial charge in [-0.2, -0.15) is 0 Å². The van der Waals surface area contributed by atoms with Crippen molar-refractivity contribution in [3.63, 3.8) is 0 Å². The van der Waals surface area contributed by atoms with E-state index in [-0.39, 0.29) is 18.2 Å². The van der Waals surface area contributed by atoms with Crippen molar-refractivity contribution in [3.05, 3.63) is 62.6 Å². The third kappa shape index (κ3) is 3.58. The molecule has 0 bridgehead atoms. The number of amides is 1. The Morgan fingerprint density at radius 1 is 1.34 bits per heavy atom. The summed E-state index contributed by atoms with van der Waals surface area (Å²) in [5, 5.41) is 11.4. The second-order valence-corrected chi connectivity index (χ2v) is 8.49. The summed E-state index contributed by atoms with van der Waals surface area (Å²) in [5.74, 6) is -2.02. The molecule has 2 aliphatic heterocycles. The second-order valence-electron chi connectivity index (χ2n) is 7.29. The number of ketones is 1. The van der Waals surface area contributed by atoms with Gasteiger partial charge in [0.25, 0.3) is 5.91 Å². The lowest BCUT2D eigenvalue weighted by atomic mass is 9.95. The van der Waals surface area contributed by atoms with Crippen molar-refractivity contribution >= 4 is 23.0 Å². The van der Waals surface area contributed by atoms with Gasteiger partial charge < -0.3 is 14.7 Å². The van der Waals surface area contributed by atoms with Gasteiger partial charge in [0.05, 0.1) is 33.3 Å². The number of Topliss-reactive ketones (excluding diaryl/α,β-unsaturated/α-hetero) is 1. The first-order chi connectivity index (χ1) is 13.9. The molecule has 2 atom stereocenters. The molecule has 2 aliphatic rings. The van der Waals surface area contributed by atoms with Crippen LogP contribution in [0.5, 0.6) is 0 Å². The molecule has 1 aromatic heterocycles. The minimum Gasteiger partial charge on any atom is -0.503 e. The predicted octanol–water partition coefficient (Wildman–Crippen LogP) is 3.66. The molecular formula is C21H21FN2O4S. The van der Waals surface area contributed by atoms with E-state index in [0.717, 1.165) is 17.8 Å². The lowest BCUT2D eigenvalue weighted by Crippen LogP contribution is -2.37. The zero-order chi connectivity index (χ0) is 20.7. The van der Waals surface area contributed by atoms with Gasteiger partial charge >= 0.3 is 0 Å². The lowest BCUT2D eigenvalue weighted by Gasteiger charge is -2.28. The van der Waals surface area contributed by atoms with E-state index >= 15 is 0 Å². The molecule has 29 heavy (non-hydrogen) atoms. The SMILES string of the molecule is Cc1nc(C)c(C(=O)C2=C(O)C(=O)N(CC3CCCO3)C2c2ccc(F)cc2)s1. The Bertz CT molecular complexity index is 993. The van der Waals surface area contributed by atoms with Crippen molar-refractivity contribution in [2.45, 2.75) is 38.8 Å². The number of thiazole rings is 1. The van der Waals surface area contributed by atoms with E-state index in [1.165, 1.54) is 40.5 Å². The van der Waals surface area contributed by atoms with Crippen LogP contribution >= 0.6 is 11.3 Å². The number of aliphatic hydroxyl groups excluding tert-OH is 1. The highest BCUT2D eigenvalue weighted by molar-refractivity contribution is 7.14. The summed E-state index contributed by atoms with van der Waals surface area (Å²) in [6, 6.07) is 4.83. The average molecular weight is 416 g/mol. The molecule has 1 N–H and O–H groups in total. The van der Waals surface area contributed by atoms with E-state index in [9.17, 15) is 19.1 Å². The summed E-state index contributed by atoms with van der Waals surface area (Å²) < 4.78 is 19.2. The second kappa shape index (κ2) is 7.68. The Balaban J connectivity index is 1.77. The van der Waals surface area contributed by atoms with Gasteiger partial charge in [-0.15, -0.1) is 11.3 Å². The van der Waals surface area contributed by atoms with Crippen LogP contribution in [0.15, 0.2) is 35.6 Å². The third-order valence-electron chi connectivity index (χ3n) is 5.27. The van der Waals surface area contributed by atoms with Crippen LogP contribution in [0, 0.1) is 19.7 Å². The number of hydrogen-bond donors (Lipinski definition) is 1. The number of nitrogens with zero attached hydrogens (tertiary/aromatic N) is 2. The molecule has 0 saturated carbocycles. The van der Waals surface area contributed by atoms with Crippen LogP contribution in [0.25, 0.3) is 0 Å². The number of hydrogen-bond acceptors (Lipinski definition) is 6. The fourth-order valence-electron chi connectivity index (χ4n) is 3.94. The third-order valence-corrected chi connectivity index (χ3v) is 6.34. The summed E-state index contributed by atoms with van der Waals surface area (Å²) in [7, 11) is 0. The maximum Gasteiger partial charge on any atom is 0.290 e. The van der Waals surface area contributed by atoms with Crippen molar-refractivity contribution < 1.29 is 23.8 Å². The highest BCUT2D eigenvalue weighted by atomic mass is 32.1. The Labute approximate surface area is 171 Å². The van der Waals surface area contributed by atoms with Crippen molar-refractivity contribution in [2.24, 2.45) is 0 Å². The summed E-state index contributed by atoms with van der Waals surface area (Å²) in [5.41, 5.74) is 1.12. The summed E-state index contributed by atoms with van der Waals surface area (Å²) in [6.07, 6.45) is 1.55. The van der Waals surface area contributed by atoms with E-state index in [0.29, 0.717) is 22.7 Å². The van der Waals surface area contributed by atoms with Gasteiger partial charge in [-0.1, -0.05) is 12.1 Å². The normalized spacial score (nSPS) is 22.0. The number of aryl methyl sites for hydroxylation is 2. The van der Waals surface area contributed by atoms with Crippen LogP contribution in [-0.4, -0.2) is 45.9 Å². The molecule has 152 valence electrons. The molecule has 1 fully saturated rings. The fraction of sp³-hybridized carbons (Fsp3) is 0.381. The van der Waals surface area contributed by atoms with Crippen LogP contribution in [0.2, 0.25) is 0 Å². The molecule has 3 heterocycles. The molecule has 1 amide bonds. The highest BCUT2D eigenvalue weighted by Gasteiger charge is 2.45. The molecule has 1 saturated heterocycles. The van der Waals surface area contributed by atoms with E-state index < -0.39 is 29.3 Å². The number of ether oxygens (including phenoxy) is 1. The van der Waals surface area contributed by atoms with Gasteiger partial charge in [-0.3, -0.25) is 9.59 Å². The van der Waals surface area contributed by atoms with Crippen LogP contribution in [0.3, 0.4) is 0 Å². The number of rotatable bonds is 5. The molecule has 8 heteroatoms. The predicted molar refractivity (Wildman–Crippen MR) is 105 cm³/mol. The van der Waals surface area contributed by atoms with E-state index in [2.05, 4.69) is 4.98 Å². The molecule has 0 radical (unpaired) electrons. The van der Waals surface area contributed by atoms with Crippen LogP contribution in [-0.2, 0) is 9.53 Å². The Morgan fingerprint density at radius 2 is 2.07 bits per heavy atom. The molecule has 0 spiro atoms. The number of carbonyl (C=O) groups excluding carboxylic acids is 2. The number of halogens is 1. The van der Waals surface area contributed by atoms with Gasteiger partial charge in [-0.05, 0) is 44.4 Å². The Hall–Kier alpha value is -2.58. The van der Waals surface area contributed by atoms with E-state index in [4.69, 9.17) is 4.74 Å². The van der Waals surface area contributed by atoms with Crippen molar-refractivity contribution in [2.75, 3.05) is 13.2 Å². The standard InChI is InChI=1S/C21H21FN2O4S/c1-11-20(29-12(2)23-11)18(25)16-17(13-5-7-14(22)8-6-13)24(21(27)19(16)26)10-15-4-3-9-28-15/h5-8,15,17,26H,3-4,9-10H2,1-2H3. The van der Waals surface area contributed by atoms with Crippen molar-refractivity contribution in [1.29, 1.82) is 0 Å². The number of aliphatic hydroxyl groups is 1. The largest absolute Gasteiger partial charge is 0.503 e. The van der Waals surface area contributed by atoms with Gasteiger partial charge in [0.1, 0.15) is 5.82 Å². The monoisotopic (exact) mass is 416 g/mol. The van der Waals surface area contributed by atoms with Gasteiger partial charge in [0, 0.05) is 13.2 Å². The smallest absolute Gasteiger partial charge is 0.290 e. The average Bonchev–Trinajstić information content (AvgIpc) is 3.38. The van der Waals surface area contributed by atoms with Gasteiger partial charge in [0.2, 0.25) is 5.78 Å². The number of benzene rings is 1. The molecule has 1 aromatic carbocycles. The maximum absolute atomic E-state index is 13.5. The van der Waals surface area contributed by atoms with Crippen LogP contribution < -0.4 is 0 Å². The molecule has 0 aliphatic carbocycles. The van der Waals surface area contributed by atoms with Crippen LogP contribution in [0.1, 0.15) is 44.8 Å². The molecule has 4 rings (SSSR count). The zero-order valence-corrected chi connectivity index (χ0v) is 17.0. The summed E-state index contributed by atoms with van der Waals surface area (Å²) in [4.78, 5) is 32.4. The van der Waals surface area contributed by atoms with E-state index in [1.54, 1.807) is 13.8 Å². The zero-order valence-electron chi connectivity index (χ0n) is 16.1. The maximum atomic E-state index is 13.5. The van der Waals surface area contributed by atoms with Crippen molar-refractivity contribution in [1.82, 2.24) is 9.88 Å². The first kappa shape index (κ1) is 19.7. The number of aromatic nitrogens is 1. The van der Waals surface area contributed by atoms with Crippen LogP contribution in [0.4, 0.5) is 4.39 Å². The van der Waals surface area contributed by atoms with Gasteiger partial charge in [-0.25, -0.2) is 9.37 Å². The molecule has 2 unspecified atom stereocenters. The van der Waals surface area contributed by atoms with Gasteiger partial charge in [0.15, 0.2) is 5.76 Å². The summed E-state index contributed by atoms with van der Waals surface area (Å²) >= 11 is 1.23. The van der Waals surface area contributed by atoms with E-state index in [1.807, 2.05) is 0 Å². The molecular weight excluding hydrogens is 395 g/mol. The summed E-state index contributed by atoms with van der Waals surface area (Å²) in [6.45, 7) is 4.40. The minimum atomic E-state index is -0.804. The highest BCUT2D eigenvalue weighted by Crippen LogP contribution is 2.40. The first-order valence-electron chi connectivity index (χ1n) is 9.46. The molecule has 6 nitrogen and oxygen atoms in total. The number of carbonyl (C=O) groups is 2. The Kier molecular flexibility index (Phi) is 5.23. The Morgan fingerprint density at radius 3 is 2.66 bits per heavy atom. The quantitative estimate of drug-likeness (QED) is 0.753. The topological polar surface area (TPSA) is 79.7 Å². The molecule has 2 aromatic rings. The van der Waals surface area contributed by atoms with Crippen molar-refractivity contribution in [3.8, 4) is 0 Å². The first-order valence-corrected chi connectivity index (χ1v) is 10.3.